The quantitative estimate of drug-likeness (QED) is 0.638. The molecule has 0 aromatic heterocycles. The molecule has 1 aromatic carbocycles. The van der Waals surface area contributed by atoms with Gasteiger partial charge < -0.3 is 15.7 Å². The van der Waals surface area contributed by atoms with Gasteiger partial charge in [-0.25, -0.2) is 4.39 Å². The highest BCUT2D eigenvalue weighted by molar-refractivity contribution is 5.94. The van der Waals surface area contributed by atoms with Gasteiger partial charge in [-0.05, 0) is 44.0 Å². The van der Waals surface area contributed by atoms with Gasteiger partial charge in [0.15, 0.2) is 0 Å². The van der Waals surface area contributed by atoms with E-state index >= 15 is 0 Å². The third-order valence-electron chi connectivity index (χ3n) is 3.40. The summed E-state index contributed by atoms with van der Waals surface area (Å²) in [6.07, 6.45) is 1.32. The van der Waals surface area contributed by atoms with Crippen molar-refractivity contribution in [2.75, 3.05) is 13.1 Å². The van der Waals surface area contributed by atoms with Crippen LogP contribution in [0.25, 0.3) is 0 Å². The van der Waals surface area contributed by atoms with E-state index in [4.69, 9.17) is 0 Å². The first-order chi connectivity index (χ1) is 10.3. The van der Waals surface area contributed by atoms with Gasteiger partial charge in [0.05, 0.1) is 5.60 Å². The molecule has 0 bridgehead atoms. The second-order valence-electron chi connectivity index (χ2n) is 5.49. The van der Waals surface area contributed by atoms with Gasteiger partial charge in [-0.1, -0.05) is 6.92 Å². The van der Waals surface area contributed by atoms with Gasteiger partial charge in [0, 0.05) is 25.1 Å². The van der Waals surface area contributed by atoms with Crippen LogP contribution in [0.4, 0.5) is 4.39 Å². The normalized spacial score (nSPS) is 13.3. The molecule has 0 radical (unpaired) electrons. The molecule has 0 spiro atoms. The SMILES string of the molecule is CC[C@@](C)(O)CNC(=O)CCCNC(=O)c1ccc(F)cc1. The molecule has 6 heteroatoms. The summed E-state index contributed by atoms with van der Waals surface area (Å²) in [4.78, 5) is 23.3. The largest absolute Gasteiger partial charge is 0.388 e. The molecule has 0 heterocycles. The van der Waals surface area contributed by atoms with E-state index in [0.717, 1.165) is 0 Å². The summed E-state index contributed by atoms with van der Waals surface area (Å²) < 4.78 is 12.7. The lowest BCUT2D eigenvalue weighted by Crippen LogP contribution is -2.40. The molecule has 0 fully saturated rings. The Morgan fingerprint density at radius 3 is 2.45 bits per heavy atom. The fourth-order valence-corrected chi connectivity index (χ4v) is 1.66. The van der Waals surface area contributed by atoms with Crippen LogP contribution < -0.4 is 10.6 Å². The van der Waals surface area contributed by atoms with E-state index in [2.05, 4.69) is 10.6 Å². The summed E-state index contributed by atoms with van der Waals surface area (Å²) >= 11 is 0. The molecule has 0 aliphatic rings. The van der Waals surface area contributed by atoms with Crippen molar-refractivity contribution in [1.29, 1.82) is 0 Å². The first kappa shape index (κ1) is 18.1. The van der Waals surface area contributed by atoms with Crippen molar-refractivity contribution in [2.45, 2.75) is 38.7 Å². The predicted molar refractivity (Wildman–Crippen MR) is 81.9 cm³/mol. The third kappa shape index (κ3) is 6.67. The molecular formula is C16H23FN2O3. The Morgan fingerprint density at radius 1 is 1.23 bits per heavy atom. The first-order valence-electron chi connectivity index (χ1n) is 7.37. The van der Waals surface area contributed by atoms with Gasteiger partial charge >= 0.3 is 0 Å². The number of carbonyl (C=O) groups excluding carboxylic acids is 2. The fourth-order valence-electron chi connectivity index (χ4n) is 1.66. The molecule has 2 amide bonds. The molecule has 0 saturated carbocycles. The van der Waals surface area contributed by atoms with Crippen LogP contribution in [0.2, 0.25) is 0 Å². The third-order valence-corrected chi connectivity index (χ3v) is 3.40. The molecule has 5 nitrogen and oxygen atoms in total. The van der Waals surface area contributed by atoms with E-state index in [0.29, 0.717) is 24.9 Å². The minimum Gasteiger partial charge on any atom is -0.388 e. The molecule has 122 valence electrons. The zero-order valence-corrected chi connectivity index (χ0v) is 13.0. The average molecular weight is 310 g/mol. The Bertz CT molecular complexity index is 501. The number of carbonyl (C=O) groups is 2. The molecule has 1 aromatic rings. The number of hydrogen-bond acceptors (Lipinski definition) is 3. The maximum absolute atomic E-state index is 12.7. The Morgan fingerprint density at radius 2 is 1.86 bits per heavy atom. The number of aliphatic hydroxyl groups is 1. The van der Waals surface area contributed by atoms with Crippen LogP contribution in [-0.4, -0.2) is 35.6 Å². The number of nitrogens with one attached hydrogen (secondary N) is 2. The van der Waals surface area contributed by atoms with Crippen molar-refractivity contribution in [3.63, 3.8) is 0 Å². The van der Waals surface area contributed by atoms with E-state index in [-0.39, 0.29) is 24.8 Å². The molecule has 22 heavy (non-hydrogen) atoms. The summed E-state index contributed by atoms with van der Waals surface area (Å²) in [6.45, 7) is 4.07. The van der Waals surface area contributed by atoms with Crippen LogP contribution in [0.15, 0.2) is 24.3 Å². The van der Waals surface area contributed by atoms with Crippen molar-refractivity contribution in [2.24, 2.45) is 0 Å². The van der Waals surface area contributed by atoms with Crippen molar-refractivity contribution < 1.29 is 19.1 Å². The number of benzene rings is 1. The zero-order valence-electron chi connectivity index (χ0n) is 13.0. The van der Waals surface area contributed by atoms with Crippen LogP contribution in [0, 0.1) is 5.82 Å². The van der Waals surface area contributed by atoms with Crippen LogP contribution in [-0.2, 0) is 4.79 Å². The monoisotopic (exact) mass is 310 g/mol. The highest BCUT2D eigenvalue weighted by atomic mass is 19.1. The summed E-state index contributed by atoms with van der Waals surface area (Å²) in [7, 11) is 0. The Hall–Kier alpha value is -1.95. The summed E-state index contributed by atoms with van der Waals surface area (Å²) in [6, 6.07) is 5.26. The molecule has 0 aliphatic carbocycles. The molecule has 1 atom stereocenters. The number of hydrogen-bond donors (Lipinski definition) is 3. The maximum atomic E-state index is 12.7. The smallest absolute Gasteiger partial charge is 0.251 e. The fraction of sp³-hybridized carbons (Fsp3) is 0.500. The van der Waals surface area contributed by atoms with Crippen molar-refractivity contribution in [3.05, 3.63) is 35.6 Å². The number of halogens is 1. The van der Waals surface area contributed by atoms with Crippen molar-refractivity contribution >= 4 is 11.8 Å². The molecule has 0 saturated heterocycles. The Kier molecular flexibility index (Phi) is 6.98. The van der Waals surface area contributed by atoms with Gasteiger partial charge in [0.2, 0.25) is 5.91 Å². The lowest BCUT2D eigenvalue weighted by atomic mass is 10.0. The molecule has 3 N–H and O–H groups in total. The standard InChI is InChI=1S/C16H23FN2O3/c1-3-16(2,22)11-19-14(20)5-4-10-18-15(21)12-6-8-13(17)9-7-12/h6-9,22H,3-5,10-11H2,1-2H3,(H,18,21)(H,19,20)/t16-/m1/s1. The van der Waals surface area contributed by atoms with Crippen molar-refractivity contribution in [3.8, 4) is 0 Å². The highest BCUT2D eigenvalue weighted by Gasteiger charge is 2.18. The zero-order chi connectivity index (χ0) is 16.6. The van der Waals surface area contributed by atoms with Crippen LogP contribution in [0.1, 0.15) is 43.5 Å². The maximum Gasteiger partial charge on any atom is 0.251 e. The Balaban J connectivity index is 2.20. The average Bonchev–Trinajstić information content (AvgIpc) is 2.50. The van der Waals surface area contributed by atoms with Gasteiger partial charge in [-0.2, -0.15) is 0 Å². The highest BCUT2D eigenvalue weighted by Crippen LogP contribution is 2.06. The second-order valence-corrected chi connectivity index (χ2v) is 5.49. The topological polar surface area (TPSA) is 78.4 Å². The van der Waals surface area contributed by atoms with E-state index in [1.807, 2.05) is 6.92 Å². The molecule has 0 unspecified atom stereocenters. The number of amides is 2. The lowest BCUT2D eigenvalue weighted by Gasteiger charge is -2.21. The molecule has 1 rings (SSSR count). The van der Waals surface area contributed by atoms with Gasteiger partial charge in [-0.3, -0.25) is 9.59 Å². The van der Waals surface area contributed by atoms with E-state index < -0.39 is 11.4 Å². The van der Waals surface area contributed by atoms with Gasteiger partial charge in [-0.15, -0.1) is 0 Å². The lowest BCUT2D eigenvalue weighted by molar-refractivity contribution is -0.122. The predicted octanol–water partition coefficient (Wildman–Crippen LogP) is 1.61. The van der Waals surface area contributed by atoms with Gasteiger partial charge in [0.25, 0.3) is 5.91 Å². The molecular weight excluding hydrogens is 287 g/mol. The van der Waals surface area contributed by atoms with E-state index in [1.165, 1.54) is 24.3 Å². The Labute approximate surface area is 129 Å². The van der Waals surface area contributed by atoms with Gasteiger partial charge in [0.1, 0.15) is 5.82 Å². The minimum absolute atomic E-state index is 0.162. The number of rotatable bonds is 8. The van der Waals surface area contributed by atoms with E-state index in [1.54, 1.807) is 6.92 Å². The van der Waals surface area contributed by atoms with Crippen molar-refractivity contribution in [1.82, 2.24) is 10.6 Å². The van der Waals surface area contributed by atoms with Crippen LogP contribution in [0.3, 0.4) is 0 Å². The second kappa shape index (κ2) is 8.48. The van der Waals surface area contributed by atoms with Crippen LogP contribution in [0.5, 0.6) is 0 Å². The summed E-state index contributed by atoms with van der Waals surface area (Å²) in [5.74, 6) is -0.852. The first-order valence-corrected chi connectivity index (χ1v) is 7.37. The summed E-state index contributed by atoms with van der Waals surface area (Å²) in [5.41, 5.74) is -0.517. The molecule has 0 aliphatic heterocycles. The van der Waals surface area contributed by atoms with Crippen LogP contribution >= 0.6 is 0 Å². The summed E-state index contributed by atoms with van der Waals surface area (Å²) in [5, 5.41) is 15.1. The van der Waals surface area contributed by atoms with E-state index in [9.17, 15) is 19.1 Å². The minimum atomic E-state index is -0.896.